The van der Waals surface area contributed by atoms with E-state index in [1.807, 2.05) is 0 Å². The first-order chi connectivity index (χ1) is 17.4. The normalized spacial score (nSPS) is 49.0. The minimum Gasteiger partial charge on any atom is -0.394 e. The Morgan fingerprint density at radius 3 is 1.70 bits per heavy atom. The third-order valence-electron chi connectivity index (χ3n) is 6.50. The number of aliphatic hydroxyl groups excluding tert-OH is 10. The summed E-state index contributed by atoms with van der Waals surface area (Å²) in [6.07, 6.45) is -23.4. The highest BCUT2D eigenvalue weighted by Crippen LogP contribution is 2.32. The van der Waals surface area contributed by atoms with Gasteiger partial charge in [-0.25, -0.2) is 0 Å². The highest BCUT2D eigenvalue weighted by molar-refractivity contribution is 5.73. The van der Waals surface area contributed by atoms with E-state index in [4.69, 9.17) is 23.7 Å². The molecular formula is C20H35NO16. The van der Waals surface area contributed by atoms with E-state index in [1.54, 1.807) is 0 Å². The molecule has 0 aliphatic carbocycles. The first kappa shape index (κ1) is 30.4. The molecule has 0 aromatic carbocycles. The van der Waals surface area contributed by atoms with Gasteiger partial charge < -0.3 is 80.1 Å². The van der Waals surface area contributed by atoms with Gasteiger partial charge in [-0.1, -0.05) is 0 Å². The Morgan fingerprint density at radius 2 is 1.16 bits per heavy atom. The molecule has 0 aromatic heterocycles. The standard InChI is InChI=1S/C20H35NO16/c1-5(25)21-9-12(28)16(8(4-24)33-18(9)32)36-20-15(31)17(11(27)7(3-23)35-20)37-19-14(30)13(29)10(26)6(2-22)34-19/h6-20,22-24,26-32H,2-4H2,1H3,(H,21,25)/t6?,7?,8?,9?,10-,11-,12+,13-,14?,15?,16-,17-,18?,19?,20?/m0/s1. The molecule has 1 amide bonds. The van der Waals surface area contributed by atoms with Gasteiger partial charge in [0.25, 0.3) is 0 Å². The molecule has 216 valence electrons. The topological polar surface area (TPSA) is 278 Å². The van der Waals surface area contributed by atoms with Crippen molar-refractivity contribution < 1.29 is 79.5 Å². The minimum atomic E-state index is -1.91. The summed E-state index contributed by atoms with van der Waals surface area (Å²) in [4.78, 5) is 11.5. The van der Waals surface area contributed by atoms with Crippen molar-refractivity contribution in [1.82, 2.24) is 5.32 Å². The molecule has 17 nitrogen and oxygen atoms in total. The molecule has 0 radical (unpaired) electrons. The number of aliphatic hydroxyl groups is 10. The van der Waals surface area contributed by atoms with Crippen LogP contribution in [-0.2, 0) is 28.5 Å². The van der Waals surface area contributed by atoms with Crippen LogP contribution in [0.5, 0.6) is 0 Å². The van der Waals surface area contributed by atoms with Gasteiger partial charge in [0.2, 0.25) is 5.91 Å². The average Bonchev–Trinajstić information content (AvgIpc) is 2.86. The zero-order chi connectivity index (χ0) is 27.6. The lowest BCUT2D eigenvalue weighted by Crippen LogP contribution is -2.68. The van der Waals surface area contributed by atoms with Gasteiger partial charge in [0, 0.05) is 6.92 Å². The van der Waals surface area contributed by atoms with E-state index in [1.165, 1.54) is 0 Å². The molecule has 15 atom stereocenters. The second kappa shape index (κ2) is 12.8. The fourth-order valence-electron chi connectivity index (χ4n) is 4.46. The zero-order valence-corrected chi connectivity index (χ0v) is 19.7. The summed E-state index contributed by atoms with van der Waals surface area (Å²) >= 11 is 0. The quantitative estimate of drug-likeness (QED) is 0.135. The van der Waals surface area contributed by atoms with Gasteiger partial charge in [-0.05, 0) is 0 Å². The van der Waals surface area contributed by atoms with Crippen LogP contribution < -0.4 is 5.32 Å². The van der Waals surface area contributed by atoms with Crippen molar-refractivity contribution in [2.75, 3.05) is 19.8 Å². The average molecular weight is 545 g/mol. The van der Waals surface area contributed by atoms with E-state index < -0.39 is 118 Å². The highest BCUT2D eigenvalue weighted by Gasteiger charge is 2.53. The van der Waals surface area contributed by atoms with Gasteiger partial charge in [0.15, 0.2) is 18.9 Å². The molecule has 0 saturated carbocycles. The van der Waals surface area contributed by atoms with Crippen LogP contribution in [0.3, 0.4) is 0 Å². The Morgan fingerprint density at radius 1 is 0.649 bits per heavy atom. The monoisotopic (exact) mass is 545 g/mol. The predicted molar refractivity (Wildman–Crippen MR) is 113 cm³/mol. The first-order valence-corrected chi connectivity index (χ1v) is 11.6. The van der Waals surface area contributed by atoms with Crippen LogP contribution in [0.4, 0.5) is 0 Å². The Kier molecular flexibility index (Phi) is 10.5. The number of carbonyl (C=O) groups is 1. The lowest BCUT2D eigenvalue weighted by molar-refractivity contribution is -0.375. The Hall–Kier alpha value is -1.13. The van der Waals surface area contributed by atoms with Crippen LogP contribution in [0.2, 0.25) is 0 Å². The van der Waals surface area contributed by atoms with Crippen molar-refractivity contribution in [3.8, 4) is 0 Å². The smallest absolute Gasteiger partial charge is 0.217 e. The first-order valence-electron chi connectivity index (χ1n) is 11.6. The molecule has 0 bridgehead atoms. The molecule has 3 saturated heterocycles. The number of hydrogen-bond donors (Lipinski definition) is 11. The van der Waals surface area contributed by atoms with E-state index in [9.17, 15) is 55.9 Å². The minimum absolute atomic E-state index is 0.627. The molecule has 17 heteroatoms. The number of rotatable bonds is 8. The van der Waals surface area contributed by atoms with Crippen LogP contribution in [0, 0.1) is 0 Å². The van der Waals surface area contributed by atoms with E-state index in [0.717, 1.165) is 6.92 Å². The molecule has 11 N–H and O–H groups in total. The van der Waals surface area contributed by atoms with Crippen LogP contribution >= 0.6 is 0 Å². The summed E-state index contributed by atoms with van der Waals surface area (Å²) in [5.41, 5.74) is 0. The molecule has 3 rings (SSSR count). The molecule has 3 aliphatic rings. The largest absolute Gasteiger partial charge is 0.394 e. The van der Waals surface area contributed by atoms with Crippen LogP contribution in [-0.4, -0.2) is 169 Å². The lowest BCUT2D eigenvalue weighted by Gasteiger charge is -2.48. The van der Waals surface area contributed by atoms with E-state index in [-0.39, 0.29) is 0 Å². The molecule has 3 heterocycles. The van der Waals surface area contributed by atoms with Gasteiger partial charge in [0.1, 0.15) is 73.2 Å². The highest BCUT2D eigenvalue weighted by atomic mass is 16.7. The van der Waals surface area contributed by atoms with Gasteiger partial charge in [-0.3, -0.25) is 4.79 Å². The van der Waals surface area contributed by atoms with Crippen molar-refractivity contribution in [1.29, 1.82) is 0 Å². The summed E-state index contributed by atoms with van der Waals surface area (Å²) in [5, 5.41) is 103. The lowest BCUT2D eigenvalue weighted by atomic mass is 9.95. The molecule has 9 unspecified atom stereocenters. The number of amides is 1. The number of nitrogens with one attached hydrogen (secondary N) is 1. The molecule has 3 aliphatic heterocycles. The summed E-state index contributed by atoms with van der Waals surface area (Å²) < 4.78 is 26.9. The van der Waals surface area contributed by atoms with Crippen molar-refractivity contribution in [3.63, 3.8) is 0 Å². The van der Waals surface area contributed by atoms with Crippen molar-refractivity contribution >= 4 is 5.91 Å². The van der Waals surface area contributed by atoms with Gasteiger partial charge >= 0.3 is 0 Å². The Balaban J connectivity index is 1.80. The summed E-state index contributed by atoms with van der Waals surface area (Å²) in [5.74, 6) is -0.627. The predicted octanol–water partition coefficient (Wildman–Crippen LogP) is -7.43. The van der Waals surface area contributed by atoms with Gasteiger partial charge in [-0.2, -0.15) is 0 Å². The molecule has 37 heavy (non-hydrogen) atoms. The molecule has 3 fully saturated rings. The number of hydrogen-bond acceptors (Lipinski definition) is 16. The third-order valence-corrected chi connectivity index (χ3v) is 6.50. The van der Waals surface area contributed by atoms with Gasteiger partial charge in [0.05, 0.1) is 19.8 Å². The van der Waals surface area contributed by atoms with Crippen LogP contribution in [0.25, 0.3) is 0 Å². The Labute approximate surface area is 210 Å². The second-order valence-corrected chi connectivity index (χ2v) is 9.07. The fraction of sp³-hybridized carbons (Fsp3) is 0.950. The Bertz CT molecular complexity index is 745. The van der Waals surface area contributed by atoms with Gasteiger partial charge in [-0.15, -0.1) is 0 Å². The SMILES string of the molecule is CC(=O)NC1C(O)OC(CO)[C@H](OC2OC(CO)[C@H](O)[C@H](OC3OC(CO)[C@H](O)[C@H](O)C3O)C2O)[C@@H]1O. The van der Waals surface area contributed by atoms with E-state index >= 15 is 0 Å². The molecular weight excluding hydrogens is 510 g/mol. The summed E-state index contributed by atoms with van der Waals surface area (Å²) in [6, 6.07) is -1.40. The maximum atomic E-state index is 11.5. The van der Waals surface area contributed by atoms with E-state index in [0.29, 0.717) is 0 Å². The molecule has 0 spiro atoms. The van der Waals surface area contributed by atoms with Crippen LogP contribution in [0.15, 0.2) is 0 Å². The van der Waals surface area contributed by atoms with Crippen molar-refractivity contribution in [2.45, 2.75) is 99.0 Å². The van der Waals surface area contributed by atoms with Crippen LogP contribution in [0.1, 0.15) is 6.92 Å². The van der Waals surface area contributed by atoms with Crippen molar-refractivity contribution in [3.05, 3.63) is 0 Å². The summed E-state index contributed by atoms with van der Waals surface area (Å²) in [7, 11) is 0. The summed E-state index contributed by atoms with van der Waals surface area (Å²) in [6.45, 7) is -1.23. The second-order valence-electron chi connectivity index (χ2n) is 9.07. The third kappa shape index (κ3) is 6.38. The van der Waals surface area contributed by atoms with E-state index in [2.05, 4.69) is 5.32 Å². The zero-order valence-electron chi connectivity index (χ0n) is 19.7. The molecule has 0 aromatic rings. The maximum Gasteiger partial charge on any atom is 0.217 e. The number of ether oxygens (including phenoxy) is 5. The van der Waals surface area contributed by atoms with Crippen molar-refractivity contribution in [2.24, 2.45) is 0 Å². The maximum absolute atomic E-state index is 11.5. The number of carbonyl (C=O) groups excluding carboxylic acids is 1. The fourth-order valence-corrected chi connectivity index (χ4v) is 4.46.